The fourth-order valence-corrected chi connectivity index (χ4v) is 2.56. The minimum Gasteiger partial charge on any atom is -0.461 e. The average molecular weight is 327 g/mol. The van der Waals surface area contributed by atoms with E-state index in [1.165, 1.54) is 12.1 Å². The summed E-state index contributed by atoms with van der Waals surface area (Å²) in [6.45, 7) is 1.72. The van der Waals surface area contributed by atoms with Gasteiger partial charge in [0.1, 0.15) is 4.90 Å². The second-order valence-corrected chi connectivity index (χ2v) is 5.74. The van der Waals surface area contributed by atoms with Crippen LogP contribution in [0.5, 0.6) is 0 Å². The molecule has 10 heteroatoms. The third kappa shape index (κ3) is 3.07. The molecule has 0 saturated heterocycles. The topological polar surface area (TPSA) is 139 Å². The van der Waals surface area contributed by atoms with E-state index in [-0.39, 0.29) is 30.1 Å². The number of carbonyl (C=O) groups is 2. The smallest absolute Gasteiger partial charge is 0.355 e. The Kier molecular flexibility index (Phi) is 4.15. The molecule has 1 heterocycles. The Morgan fingerprint density at radius 1 is 1.50 bits per heavy atom. The molecular formula is C12H13N3O6S. The maximum atomic E-state index is 12.0. The van der Waals surface area contributed by atoms with E-state index >= 15 is 0 Å². The minimum absolute atomic E-state index is 0.0811. The van der Waals surface area contributed by atoms with Gasteiger partial charge in [-0.15, -0.1) is 0 Å². The Hall–Kier alpha value is -2.46. The minimum atomic E-state index is -4.62. The summed E-state index contributed by atoms with van der Waals surface area (Å²) in [7, 11) is -4.62. The zero-order valence-corrected chi connectivity index (χ0v) is 12.3. The van der Waals surface area contributed by atoms with Gasteiger partial charge >= 0.3 is 5.97 Å². The number of hydrogen-bond donors (Lipinski definition) is 2. The van der Waals surface area contributed by atoms with Crippen LogP contribution in [0.25, 0.3) is 0 Å². The van der Waals surface area contributed by atoms with Gasteiger partial charge < -0.3 is 10.5 Å². The number of anilines is 2. The highest BCUT2D eigenvalue weighted by atomic mass is 32.2. The lowest BCUT2D eigenvalue weighted by molar-refractivity contribution is -0.135. The summed E-state index contributed by atoms with van der Waals surface area (Å²) in [5.74, 6) is -1.39. The van der Waals surface area contributed by atoms with Crippen molar-refractivity contribution >= 4 is 39.1 Å². The van der Waals surface area contributed by atoms with E-state index in [4.69, 9.17) is 10.5 Å². The number of hydrogen-bond acceptors (Lipinski definition) is 7. The molecule has 0 aliphatic carbocycles. The Labute approximate surface area is 126 Å². The number of nitrogens with two attached hydrogens (primary N) is 1. The number of hydrazone groups is 1. The third-order valence-electron chi connectivity index (χ3n) is 2.78. The monoisotopic (exact) mass is 327 g/mol. The quantitative estimate of drug-likeness (QED) is 0.456. The van der Waals surface area contributed by atoms with Gasteiger partial charge in [-0.2, -0.15) is 18.5 Å². The Bertz CT molecular complexity index is 771. The first-order chi connectivity index (χ1) is 10.2. The lowest BCUT2D eigenvalue weighted by atomic mass is 10.2. The lowest BCUT2D eigenvalue weighted by Crippen LogP contribution is -2.22. The molecule has 0 spiro atoms. The first-order valence-corrected chi connectivity index (χ1v) is 7.62. The van der Waals surface area contributed by atoms with E-state index in [2.05, 4.69) is 5.10 Å². The fraction of sp³-hybridized carbons (Fsp3) is 0.250. The summed E-state index contributed by atoms with van der Waals surface area (Å²) in [5, 5.41) is 4.50. The van der Waals surface area contributed by atoms with Gasteiger partial charge in [0.15, 0.2) is 5.71 Å². The summed E-state index contributed by atoms with van der Waals surface area (Å²) in [6.07, 6.45) is -0.325. The highest BCUT2D eigenvalue weighted by Gasteiger charge is 2.33. The number of nitrogen functional groups attached to an aromatic ring is 1. The van der Waals surface area contributed by atoms with Crippen molar-refractivity contribution in [3.63, 3.8) is 0 Å². The highest BCUT2D eigenvalue weighted by molar-refractivity contribution is 7.86. The molecular weight excluding hydrogens is 314 g/mol. The number of carbonyl (C=O) groups excluding carboxylic acids is 2. The van der Waals surface area contributed by atoms with E-state index in [0.717, 1.165) is 11.1 Å². The van der Waals surface area contributed by atoms with Crippen LogP contribution in [-0.2, 0) is 24.4 Å². The molecule has 0 unspecified atom stereocenters. The van der Waals surface area contributed by atoms with Crippen molar-refractivity contribution in [2.75, 3.05) is 17.3 Å². The van der Waals surface area contributed by atoms with Crippen molar-refractivity contribution in [3.05, 3.63) is 18.2 Å². The third-order valence-corrected chi connectivity index (χ3v) is 3.66. The molecule has 1 aromatic rings. The van der Waals surface area contributed by atoms with Crippen molar-refractivity contribution in [2.45, 2.75) is 18.2 Å². The first kappa shape index (κ1) is 15.9. The van der Waals surface area contributed by atoms with Crippen molar-refractivity contribution in [3.8, 4) is 0 Å². The van der Waals surface area contributed by atoms with Crippen LogP contribution in [0.15, 0.2) is 28.2 Å². The van der Waals surface area contributed by atoms with Crippen LogP contribution < -0.4 is 10.7 Å². The largest absolute Gasteiger partial charge is 0.461 e. The van der Waals surface area contributed by atoms with Crippen LogP contribution in [0.1, 0.15) is 13.3 Å². The van der Waals surface area contributed by atoms with Crippen molar-refractivity contribution in [1.29, 1.82) is 0 Å². The number of rotatable bonds is 4. The zero-order chi connectivity index (χ0) is 16.5. The van der Waals surface area contributed by atoms with Gasteiger partial charge in [0.25, 0.3) is 16.0 Å². The average Bonchev–Trinajstić information content (AvgIpc) is 2.80. The highest BCUT2D eigenvalue weighted by Crippen LogP contribution is 2.30. The van der Waals surface area contributed by atoms with E-state index in [1.54, 1.807) is 6.92 Å². The van der Waals surface area contributed by atoms with Gasteiger partial charge in [0.05, 0.1) is 18.7 Å². The molecule has 1 amide bonds. The number of amides is 1. The molecule has 118 valence electrons. The van der Waals surface area contributed by atoms with E-state index in [1.807, 2.05) is 0 Å². The second kappa shape index (κ2) is 5.73. The lowest BCUT2D eigenvalue weighted by Gasteiger charge is -2.15. The Morgan fingerprint density at radius 3 is 2.77 bits per heavy atom. The molecule has 0 atom stereocenters. The van der Waals surface area contributed by atoms with Crippen molar-refractivity contribution in [1.82, 2.24) is 0 Å². The van der Waals surface area contributed by atoms with Crippen LogP contribution in [0, 0.1) is 0 Å². The van der Waals surface area contributed by atoms with Crippen LogP contribution in [0.2, 0.25) is 0 Å². The summed E-state index contributed by atoms with van der Waals surface area (Å²) in [5.41, 5.74) is 5.22. The first-order valence-electron chi connectivity index (χ1n) is 6.18. The summed E-state index contributed by atoms with van der Waals surface area (Å²) >= 11 is 0. The van der Waals surface area contributed by atoms with E-state index < -0.39 is 26.9 Å². The molecule has 2 rings (SSSR count). The molecule has 1 aliphatic heterocycles. The normalized spacial score (nSPS) is 14.9. The van der Waals surface area contributed by atoms with Gasteiger partial charge in [-0.05, 0) is 25.1 Å². The molecule has 0 saturated carbocycles. The molecule has 1 aromatic carbocycles. The van der Waals surface area contributed by atoms with Gasteiger partial charge in [0, 0.05) is 5.69 Å². The molecule has 0 radical (unpaired) electrons. The van der Waals surface area contributed by atoms with Gasteiger partial charge in [0.2, 0.25) is 0 Å². The van der Waals surface area contributed by atoms with Gasteiger partial charge in [-0.1, -0.05) is 0 Å². The van der Waals surface area contributed by atoms with E-state index in [9.17, 15) is 22.6 Å². The molecule has 22 heavy (non-hydrogen) atoms. The number of esters is 1. The van der Waals surface area contributed by atoms with Gasteiger partial charge in [-0.3, -0.25) is 9.35 Å². The number of benzene rings is 1. The Balaban J connectivity index is 2.49. The van der Waals surface area contributed by atoms with Crippen molar-refractivity contribution < 1.29 is 27.3 Å². The maximum absolute atomic E-state index is 12.0. The predicted molar refractivity (Wildman–Crippen MR) is 76.8 cm³/mol. The van der Waals surface area contributed by atoms with Crippen LogP contribution >= 0.6 is 0 Å². The van der Waals surface area contributed by atoms with Crippen LogP contribution in [0.3, 0.4) is 0 Å². The number of ether oxygens (including phenoxy) is 1. The standard InChI is InChI=1S/C12H13N3O6S/c1-2-21-12(17)8-6-11(16)15(14-8)9-4-3-7(13)5-10(9)22(18,19)20/h3-5H,2,6,13H2,1H3,(H,18,19,20). The molecule has 0 fully saturated rings. The second-order valence-electron chi connectivity index (χ2n) is 4.35. The van der Waals surface area contributed by atoms with Crippen LogP contribution in [-0.4, -0.2) is 37.2 Å². The predicted octanol–water partition coefficient (Wildman–Crippen LogP) is 0.171. The number of nitrogens with zero attached hydrogens (tertiary/aromatic N) is 2. The van der Waals surface area contributed by atoms with Gasteiger partial charge in [-0.25, -0.2) is 4.79 Å². The van der Waals surface area contributed by atoms with Crippen LogP contribution in [0.4, 0.5) is 11.4 Å². The molecule has 9 nitrogen and oxygen atoms in total. The Morgan fingerprint density at radius 2 is 2.18 bits per heavy atom. The summed E-state index contributed by atoms with van der Waals surface area (Å²) < 4.78 is 36.8. The molecule has 3 N–H and O–H groups in total. The summed E-state index contributed by atoms with van der Waals surface area (Å²) in [4.78, 5) is 23.0. The molecule has 0 aromatic heterocycles. The zero-order valence-electron chi connectivity index (χ0n) is 11.5. The SMILES string of the molecule is CCOC(=O)C1=NN(c2ccc(N)cc2S(=O)(=O)O)C(=O)C1. The summed E-state index contributed by atoms with van der Waals surface area (Å²) in [6, 6.07) is 3.55. The fourth-order valence-electron chi connectivity index (χ4n) is 1.86. The molecule has 1 aliphatic rings. The molecule has 0 bridgehead atoms. The van der Waals surface area contributed by atoms with E-state index in [0.29, 0.717) is 0 Å². The maximum Gasteiger partial charge on any atom is 0.355 e. The van der Waals surface area contributed by atoms with Crippen molar-refractivity contribution in [2.24, 2.45) is 5.10 Å².